The van der Waals surface area contributed by atoms with Gasteiger partial charge in [0.1, 0.15) is 0 Å². The molecule has 1 aromatic carbocycles. The van der Waals surface area contributed by atoms with E-state index < -0.39 is 11.6 Å². The molecule has 0 atom stereocenters. The van der Waals surface area contributed by atoms with E-state index in [4.69, 9.17) is 4.74 Å². The fraction of sp³-hybridized carbons (Fsp3) is 0.600. The molecule has 2 aromatic rings. The van der Waals surface area contributed by atoms with Crippen molar-refractivity contribution in [2.75, 3.05) is 6.61 Å². The standard InChI is InChI=1S/C25H34F2N2O/c1-3-5-6-18-7-9-19(10-8-18)11-12-20-13-14-21(25(27)24(20)26)22-15-16-23(29-28-22)30-17-4-2/h13-16,18-19H,3-12,17H2,1-2H3/t18-,19-. The monoisotopic (exact) mass is 416 g/mol. The average molecular weight is 417 g/mol. The molecule has 1 fully saturated rings. The van der Waals surface area contributed by atoms with Crippen molar-refractivity contribution in [3.8, 4) is 17.1 Å². The molecule has 164 valence electrons. The van der Waals surface area contributed by atoms with Crippen LogP contribution < -0.4 is 4.74 Å². The Labute approximate surface area is 179 Å². The van der Waals surface area contributed by atoms with E-state index in [0.717, 1.165) is 18.8 Å². The smallest absolute Gasteiger partial charge is 0.233 e. The second kappa shape index (κ2) is 11.4. The van der Waals surface area contributed by atoms with E-state index in [1.165, 1.54) is 44.9 Å². The van der Waals surface area contributed by atoms with Crippen molar-refractivity contribution in [3.05, 3.63) is 41.5 Å². The zero-order valence-corrected chi connectivity index (χ0v) is 18.3. The molecule has 0 bridgehead atoms. The number of hydrogen-bond acceptors (Lipinski definition) is 3. The largest absolute Gasteiger partial charge is 0.477 e. The molecule has 5 heteroatoms. The lowest BCUT2D eigenvalue weighted by molar-refractivity contribution is 0.249. The number of benzene rings is 1. The highest BCUT2D eigenvalue weighted by atomic mass is 19.2. The maximum absolute atomic E-state index is 14.7. The summed E-state index contributed by atoms with van der Waals surface area (Å²) in [6, 6.07) is 6.57. The first-order valence-corrected chi connectivity index (χ1v) is 11.6. The summed E-state index contributed by atoms with van der Waals surface area (Å²) in [6.45, 7) is 4.79. The molecule has 1 aliphatic rings. The van der Waals surface area contributed by atoms with Crippen molar-refractivity contribution >= 4 is 0 Å². The van der Waals surface area contributed by atoms with Crippen LogP contribution in [-0.4, -0.2) is 16.8 Å². The van der Waals surface area contributed by atoms with Crippen LogP contribution in [0.5, 0.6) is 5.88 Å². The van der Waals surface area contributed by atoms with E-state index in [1.807, 2.05) is 6.92 Å². The Morgan fingerprint density at radius 1 is 0.867 bits per heavy atom. The Balaban J connectivity index is 1.57. The van der Waals surface area contributed by atoms with Gasteiger partial charge >= 0.3 is 0 Å². The summed E-state index contributed by atoms with van der Waals surface area (Å²) in [5, 5.41) is 7.95. The van der Waals surface area contributed by atoms with Crippen LogP contribution in [0.25, 0.3) is 11.3 Å². The van der Waals surface area contributed by atoms with Gasteiger partial charge in [0.2, 0.25) is 5.88 Å². The van der Waals surface area contributed by atoms with E-state index in [0.29, 0.717) is 36.1 Å². The van der Waals surface area contributed by atoms with Gasteiger partial charge in [0.15, 0.2) is 11.6 Å². The summed E-state index contributed by atoms with van der Waals surface area (Å²) in [6.07, 6.45) is 11.3. The second-order valence-electron chi connectivity index (χ2n) is 8.57. The third-order valence-corrected chi connectivity index (χ3v) is 6.29. The van der Waals surface area contributed by atoms with E-state index in [-0.39, 0.29) is 5.56 Å². The zero-order valence-electron chi connectivity index (χ0n) is 18.3. The molecule has 1 aliphatic carbocycles. The minimum Gasteiger partial charge on any atom is -0.477 e. The van der Waals surface area contributed by atoms with E-state index in [9.17, 15) is 8.78 Å². The van der Waals surface area contributed by atoms with Crippen molar-refractivity contribution in [3.63, 3.8) is 0 Å². The van der Waals surface area contributed by atoms with E-state index in [2.05, 4.69) is 17.1 Å². The van der Waals surface area contributed by atoms with Gasteiger partial charge in [-0.05, 0) is 48.8 Å². The van der Waals surface area contributed by atoms with Crippen molar-refractivity contribution in [1.29, 1.82) is 0 Å². The highest BCUT2D eigenvalue weighted by Gasteiger charge is 2.22. The predicted molar refractivity (Wildman–Crippen MR) is 116 cm³/mol. The molecule has 0 radical (unpaired) electrons. The molecular formula is C25H34F2N2O. The third-order valence-electron chi connectivity index (χ3n) is 6.29. The zero-order chi connectivity index (χ0) is 21.3. The number of aromatic nitrogens is 2. The maximum Gasteiger partial charge on any atom is 0.233 e. The normalized spacial score (nSPS) is 19.1. The molecular weight excluding hydrogens is 382 g/mol. The number of halogens is 2. The van der Waals surface area contributed by atoms with Crippen LogP contribution in [-0.2, 0) is 6.42 Å². The number of rotatable bonds is 10. The first-order chi connectivity index (χ1) is 14.6. The van der Waals surface area contributed by atoms with Crippen LogP contribution in [0.4, 0.5) is 8.78 Å². The third kappa shape index (κ3) is 5.99. The number of aryl methyl sites for hydroxylation is 1. The van der Waals surface area contributed by atoms with Gasteiger partial charge in [0.25, 0.3) is 0 Å². The van der Waals surface area contributed by atoms with E-state index in [1.54, 1.807) is 24.3 Å². The lowest BCUT2D eigenvalue weighted by atomic mass is 9.78. The average Bonchev–Trinajstić information content (AvgIpc) is 2.78. The Hall–Kier alpha value is -2.04. The number of unbranched alkanes of at least 4 members (excludes halogenated alkanes) is 1. The highest BCUT2D eigenvalue weighted by Crippen LogP contribution is 2.35. The van der Waals surface area contributed by atoms with Gasteiger partial charge in [0.05, 0.1) is 12.3 Å². The molecule has 0 spiro atoms. The molecule has 0 aliphatic heterocycles. The molecule has 1 saturated carbocycles. The van der Waals surface area contributed by atoms with Crippen LogP contribution >= 0.6 is 0 Å². The first-order valence-electron chi connectivity index (χ1n) is 11.6. The van der Waals surface area contributed by atoms with Crippen molar-refractivity contribution < 1.29 is 13.5 Å². The van der Waals surface area contributed by atoms with Crippen LogP contribution in [0.3, 0.4) is 0 Å². The maximum atomic E-state index is 14.7. The molecule has 3 nitrogen and oxygen atoms in total. The molecule has 0 N–H and O–H groups in total. The van der Waals surface area contributed by atoms with Crippen molar-refractivity contribution in [1.82, 2.24) is 10.2 Å². The fourth-order valence-electron chi connectivity index (χ4n) is 4.39. The van der Waals surface area contributed by atoms with Gasteiger partial charge in [0, 0.05) is 11.6 Å². The lowest BCUT2D eigenvalue weighted by Crippen LogP contribution is -2.15. The molecule has 0 unspecified atom stereocenters. The minimum atomic E-state index is -0.840. The second-order valence-corrected chi connectivity index (χ2v) is 8.57. The number of hydrogen-bond donors (Lipinski definition) is 0. The Morgan fingerprint density at radius 2 is 1.60 bits per heavy atom. The highest BCUT2D eigenvalue weighted by molar-refractivity contribution is 5.60. The summed E-state index contributed by atoms with van der Waals surface area (Å²) in [5.41, 5.74) is 0.912. The van der Waals surface area contributed by atoms with Gasteiger partial charge in [-0.3, -0.25) is 0 Å². The Bertz CT molecular complexity index is 786. The Morgan fingerprint density at radius 3 is 2.23 bits per heavy atom. The van der Waals surface area contributed by atoms with Crippen molar-refractivity contribution in [2.24, 2.45) is 11.8 Å². The minimum absolute atomic E-state index is 0.141. The summed E-state index contributed by atoms with van der Waals surface area (Å²) in [5.74, 6) is 0.299. The lowest BCUT2D eigenvalue weighted by Gasteiger charge is -2.28. The van der Waals surface area contributed by atoms with E-state index >= 15 is 0 Å². The van der Waals surface area contributed by atoms with Gasteiger partial charge in [-0.1, -0.05) is 64.9 Å². The number of ether oxygens (including phenoxy) is 1. The predicted octanol–water partition coefficient (Wildman–Crippen LogP) is 7.14. The first kappa shape index (κ1) is 22.6. The summed E-state index contributed by atoms with van der Waals surface area (Å²) >= 11 is 0. The van der Waals surface area contributed by atoms with Gasteiger partial charge in [-0.2, -0.15) is 0 Å². The summed E-state index contributed by atoms with van der Waals surface area (Å²) in [7, 11) is 0. The Kier molecular flexibility index (Phi) is 8.59. The van der Waals surface area contributed by atoms with Gasteiger partial charge < -0.3 is 4.74 Å². The van der Waals surface area contributed by atoms with Gasteiger partial charge in [-0.15, -0.1) is 10.2 Å². The SMILES string of the molecule is CCCC[C@H]1CC[C@H](CCc2ccc(-c3ccc(OCCC)nn3)c(F)c2F)CC1. The quantitative estimate of drug-likeness (QED) is 0.413. The molecule has 30 heavy (non-hydrogen) atoms. The van der Waals surface area contributed by atoms with Crippen LogP contribution in [0, 0.1) is 23.5 Å². The van der Waals surface area contributed by atoms with Crippen molar-refractivity contribution in [2.45, 2.75) is 78.1 Å². The molecule has 1 aromatic heterocycles. The fourth-order valence-corrected chi connectivity index (χ4v) is 4.39. The summed E-state index contributed by atoms with van der Waals surface area (Å²) < 4.78 is 34.8. The van der Waals surface area contributed by atoms with Crippen LogP contribution in [0.1, 0.15) is 77.2 Å². The molecule has 3 rings (SSSR count). The van der Waals surface area contributed by atoms with Gasteiger partial charge in [-0.25, -0.2) is 8.78 Å². The van der Waals surface area contributed by atoms with Crippen LogP contribution in [0.15, 0.2) is 24.3 Å². The number of nitrogens with zero attached hydrogens (tertiary/aromatic N) is 2. The topological polar surface area (TPSA) is 35.0 Å². The van der Waals surface area contributed by atoms with Crippen LogP contribution in [0.2, 0.25) is 0 Å². The molecule has 1 heterocycles. The molecule has 0 amide bonds. The summed E-state index contributed by atoms with van der Waals surface area (Å²) in [4.78, 5) is 0. The molecule has 0 saturated heterocycles.